The second-order valence-electron chi connectivity index (χ2n) is 4.65. The van der Waals surface area contributed by atoms with Crippen molar-refractivity contribution in [2.24, 2.45) is 0 Å². The summed E-state index contributed by atoms with van der Waals surface area (Å²) in [5, 5.41) is -0.615. The average Bonchev–Trinajstić information content (AvgIpc) is 2.25. The average molecular weight is 340 g/mol. The van der Waals surface area contributed by atoms with Crippen LogP contribution >= 0.6 is 11.6 Å². The van der Waals surface area contributed by atoms with E-state index in [1.165, 1.54) is 6.07 Å². The van der Waals surface area contributed by atoms with E-state index in [9.17, 15) is 16.8 Å². The van der Waals surface area contributed by atoms with Crippen molar-refractivity contribution in [2.75, 3.05) is 16.2 Å². The third-order valence-electron chi connectivity index (χ3n) is 3.00. The predicted molar refractivity (Wildman–Crippen MR) is 76.0 cm³/mol. The Bertz CT molecular complexity index is 684. The molecule has 0 unspecified atom stereocenters. The smallest absolute Gasteiger partial charge is 0.238 e. The van der Waals surface area contributed by atoms with Crippen molar-refractivity contribution < 1.29 is 16.8 Å². The number of aryl methyl sites for hydroxylation is 1. The van der Waals surface area contributed by atoms with Crippen LogP contribution in [0.15, 0.2) is 6.07 Å². The Morgan fingerprint density at radius 1 is 1.30 bits per heavy atom. The first kappa shape index (κ1) is 15.5. The zero-order valence-electron chi connectivity index (χ0n) is 10.7. The summed E-state index contributed by atoms with van der Waals surface area (Å²) in [6.07, 6.45) is 0.161. The number of nitrogens with zero attached hydrogens (tertiary/aromatic N) is 2. The minimum absolute atomic E-state index is 0.0806. The van der Waals surface area contributed by atoms with Gasteiger partial charge in [0.25, 0.3) is 0 Å². The van der Waals surface area contributed by atoms with E-state index in [4.69, 9.17) is 11.6 Å². The summed E-state index contributed by atoms with van der Waals surface area (Å²) in [4.78, 5) is 7.73. The molecule has 0 atom stereocenters. The number of anilines is 1. The Balaban J connectivity index is 2.15. The first-order valence-corrected chi connectivity index (χ1v) is 9.66. The summed E-state index contributed by atoms with van der Waals surface area (Å²) >= 11 is 5.74. The lowest BCUT2D eigenvalue weighted by Crippen LogP contribution is -2.36. The molecule has 0 aromatic carbocycles. The molecule has 1 aliphatic rings. The number of halogens is 1. The molecule has 112 valence electrons. The minimum atomic E-state index is -3.72. The molecular weight excluding hydrogens is 326 g/mol. The summed E-state index contributed by atoms with van der Waals surface area (Å²) in [6.45, 7) is 1.67. The van der Waals surface area contributed by atoms with E-state index in [0.29, 0.717) is 5.69 Å². The molecule has 7 nitrogen and oxygen atoms in total. The Kier molecular flexibility index (Phi) is 4.22. The Morgan fingerprint density at radius 3 is 2.45 bits per heavy atom. The van der Waals surface area contributed by atoms with E-state index in [1.807, 2.05) is 0 Å². The number of hydrogen-bond donors (Lipinski definition) is 1. The van der Waals surface area contributed by atoms with Gasteiger partial charge in [-0.2, -0.15) is 0 Å². The van der Waals surface area contributed by atoms with Crippen molar-refractivity contribution in [1.29, 1.82) is 0 Å². The van der Waals surface area contributed by atoms with Crippen LogP contribution in [0.2, 0.25) is 5.15 Å². The number of aromatic nitrogens is 2. The summed E-state index contributed by atoms with van der Waals surface area (Å²) in [6, 6.07) is 1.51. The highest BCUT2D eigenvalue weighted by Gasteiger charge is 2.33. The predicted octanol–water partition coefficient (Wildman–Crippen LogP) is 0.757. The maximum atomic E-state index is 12.2. The third-order valence-corrected chi connectivity index (χ3v) is 6.72. The maximum Gasteiger partial charge on any atom is 0.238 e. The van der Waals surface area contributed by atoms with Gasteiger partial charge in [0.05, 0.1) is 16.8 Å². The van der Waals surface area contributed by atoms with Crippen molar-refractivity contribution in [3.63, 3.8) is 0 Å². The highest BCUT2D eigenvalue weighted by molar-refractivity contribution is 7.94. The molecule has 2 rings (SSSR count). The lowest BCUT2D eigenvalue weighted by molar-refractivity contribution is 0.555. The first-order valence-electron chi connectivity index (χ1n) is 5.91. The largest absolute Gasteiger partial charge is 0.251 e. The van der Waals surface area contributed by atoms with Gasteiger partial charge in [0.15, 0.2) is 0 Å². The number of sulfonamides is 1. The number of nitrogens with one attached hydrogen (secondary N) is 1. The van der Waals surface area contributed by atoms with Crippen molar-refractivity contribution in [2.45, 2.75) is 25.0 Å². The summed E-state index contributed by atoms with van der Waals surface area (Å²) in [5.74, 6) is -0.328. The maximum absolute atomic E-state index is 12.2. The van der Waals surface area contributed by atoms with Gasteiger partial charge in [-0.25, -0.2) is 26.8 Å². The molecular formula is C10H14ClN3O4S2. The number of rotatable bonds is 3. The summed E-state index contributed by atoms with van der Waals surface area (Å²) in [5.41, 5.74) is 0.536. The van der Waals surface area contributed by atoms with Gasteiger partial charge in [-0.3, -0.25) is 4.72 Å². The molecule has 2 heterocycles. The Morgan fingerprint density at radius 2 is 1.90 bits per heavy atom. The molecule has 0 radical (unpaired) electrons. The van der Waals surface area contributed by atoms with Gasteiger partial charge in [-0.15, -0.1) is 0 Å². The van der Waals surface area contributed by atoms with Gasteiger partial charge < -0.3 is 0 Å². The highest BCUT2D eigenvalue weighted by atomic mass is 35.5. The van der Waals surface area contributed by atoms with E-state index in [-0.39, 0.29) is 35.4 Å². The number of sulfone groups is 1. The molecule has 1 aromatic heterocycles. The van der Waals surface area contributed by atoms with Gasteiger partial charge in [-0.1, -0.05) is 11.6 Å². The molecule has 10 heteroatoms. The van der Waals surface area contributed by atoms with Crippen LogP contribution < -0.4 is 4.72 Å². The monoisotopic (exact) mass is 339 g/mol. The molecule has 0 aliphatic carbocycles. The fourth-order valence-electron chi connectivity index (χ4n) is 1.97. The van der Waals surface area contributed by atoms with Crippen molar-refractivity contribution in [3.05, 3.63) is 16.9 Å². The topological polar surface area (TPSA) is 106 Å². The molecule has 1 aromatic rings. The van der Waals surface area contributed by atoms with E-state index < -0.39 is 25.1 Å². The number of hydrogen-bond acceptors (Lipinski definition) is 6. The van der Waals surface area contributed by atoms with Crippen LogP contribution in [0.3, 0.4) is 0 Å². The molecule has 0 spiro atoms. The minimum Gasteiger partial charge on any atom is -0.251 e. The SMILES string of the molecule is Cc1cc(Cl)nc(NS(=O)(=O)C2CCS(=O)(=O)CC2)n1. The van der Waals surface area contributed by atoms with Crippen LogP contribution in [0.25, 0.3) is 0 Å². The highest BCUT2D eigenvalue weighted by Crippen LogP contribution is 2.21. The summed E-state index contributed by atoms with van der Waals surface area (Å²) < 4.78 is 49.2. The van der Waals surface area contributed by atoms with Gasteiger partial charge in [-0.05, 0) is 25.8 Å². The van der Waals surface area contributed by atoms with Crippen LogP contribution in [0.4, 0.5) is 5.95 Å². The van der Waals surface area contributed by atoms with Gasteiger partial charge in [0.2, 0.25) is 16.0 Å². The molecule has 1 aliphatic heterocycles. The molecule has 0 saturated carbocycles. The second kappa shape index (κ2) is 5.45. The zero-order chi connectivity index (χ0) is 15.0. The zero-order valence-corrected chi connectivity index (χ0v) is 13.1. The van der Waals surface area contributed by atoms with E-state index >= 15 is 0 Å². The van der Waals surface area contributed by atoms with E-state index in [2.05, 4.69) is 14.7 Å². The van der Waals surface area contributed by atoms with Gasteiger partial charge in [0, 0.05) is 5.69 Å². The second-order valence-corrected chi connectivity index (χ2v) is 9.31. The standard InChI is InChI=1S/C10H14ClN3O4S2/c1-7-6-9(11)13-10(12-7)14-20(17,18)8-2-4-19(15,16)5-3-8/h6,8H,2-5H2,1H3,(H,12,13,14). The third kappa shape index (κ3) is 3.80. The molecule has 1 saturated heterocycles. The normalized spacial score (nSPS) is 19.7. The summed E-state index contributed by atoms with van der Waals surface area (Å²) in [7, 11) is -6.83. The van der Waals surface area contributed by atoms with Crippen molar-refractivity contribution in [3.8, 4) is 0 Å². The quantitative estimate of drug-likeness (QED) is 0.815. The Labute approximate surface area is 122 Å². The van der Waals surface area contributed by atoms with Crippen LogP contribution in [0.5, 0.6) is 0 Å². The molecule has 0 amide bonds. The lowest BCUT2D eigenvalue weighted by Gasteiger charge is -2.22. The van der Waals surface area contributed by atoms with E-state index in [1.54, 1.807) is 6.92 Å². The Hall–Kier alpha value is -0.930. The molecule has 0 bridgehead atoms. The van der Waals surface area contributed by atoms with Crippen molar-refractivity contribution >= 4 is 37.4 Å². The lowest BCUT2D eigenvalue weighted by atomic mass is 10.2. The van der Waals surface area contributed by atoms with Crippen molar-refractivity contribution in [1.82, 2.24) is 9.97 Å². The van der Waals surface area contributed by atoms with Crippen LogP contribution in [-0.2, 0) is 19.9 Å². The molecule has 1 fully saturated rings. The van der Waals surface area contributed by atoms with Gasteiger partial charge in [0.1, 0.15) is 15.0 Å². The fourth-order valence-corrected chi connectivity index (χ4v) is 5.36. The van der Waals surface area contributed by atoms with Gasteiger partial charge >= 0.3 is 0 Å². The van der Waals surface area contributed by atoms with E-state index in [0.717, 1.165) is 0 Å². The fraction of sp³-hybridized carbons (Fsp3) is 0.600. The molecule has 20 heavy (non-hydrogen) atoms. The van der Waals surface area contributed by atoms with Crippen LogP contribution in [0.1, 0.15) is 18.5 Å². The molecule has 1 N–H and O–H groups in total. The van der Waals surface area contributed by atoms with Crippen LogP contribution in [0, 0.1) is 6.92 Å². The van der Waals surface area contributed by atoms with Crippen LogP contribution in [-0.4, -0.2) is 43.6 Å². The first-order chi connectivity index (χ1) is 9.18.